The molecule has 1 unspecified atom stereocenters. The van der Waals surface area contributed by atoms with Gasteiger partial charge in [0, 0.05) is 11.8 Å². The summed E-state index contributed by atoms with van der Waals surface area (Å²) in [6.45, 7) is 3.85. The Kier molecular flexibility index (Phi) is 3.69. The molecule has 1 aromatic rings. The minimum Gasteiger partial charge on any atom is -0.384 e. The summed E-state index contributed by atoms with van der Waals surface area (Å²) >= 11 is 0. The minimum absolute atomic E-state index is 0.173. The maximum absolute atomic E-state index is 5.75. The van der Waals surface area contributed by atoms with Gasteiger partial charge in [0.15, 0.2) is 5.82 Å². The van der Waals surface area contributed by atoms with E-state index in [1.54, 1.807) is 0 Å². The van der Waals surface area contributed by atoms with E-state index in [2.05, 4.69) is 16.9 Å². The van der Waals surface area contributed by atoms with E-state index in [1.807, 2.05) is 6.07 Å². The Bertz CT molecular complexity index is 351. The molecule has 0 radical (unpaired) electrons. The summed E-state index contributed by atoms with van der Waals surface area (Å²) in [7, 11) is 0. The van der Waals surface area contributed by atoms with Crippen molar-refractivity contribution in [2.24, 2.45) is 0 Å². The van der Waals surface area contributed by atoms with Crippen LogP contribution < -0.4 is 5.73 Å². The van der Waals surface area contributed by atoms with Crippen molar-refractivity contribution in [2.75, 3.05) is 25.6 Å². The summed E-state index contributed by atoms with van der Waals surface area (Å²) in [5, 5.41) is 0. The zero-order valence-electron chi connectivity index (χ0n) is 9.48. The van der Waals surface area contributed by atoms with E-state index in [0.29, 0.717) is 31.5 Å². The zero-order valence-corrected chi connectivity index (χ0v) is 9.48. The van der Waals surface area contributed by atoms with Gasteiger partial charge in [0.25, 0.3) is 0 Å². The summed E-state index contributed by atoms with van der Waals surface area (Å²) in [4.78, 5) is 8.65. The fraction of sp³-hybridized carbons (Fsp3) is 0.636. The molecule has 0 aliphatic carbocycles. The van der Waals surface area contributed by atoms with Gasteiger partial charge < -0.3 is 15.2 Å². The van der Waals surface area contributed by atoms with Crippen molar-refractivity contribution in [2.45, 2.75) is 25.9 Å². The SMILES string of the molecule is CCCc1cc(N)nc(C2COCCO2)n1. The molecule has 1 saturated heterocycles. The Morgan fingerprint density at radius 2 is 2.31 bits per heavy atom. The molecule has 0 amide bonds. The molecule has 1 aliphatic heterocycles. The number of aromatic nitrogens is 2. The summed E-state index contributed by atoms with van der Waals surface area (Å²) in [6, 6.07) is 1.82. The first-order chi connectivity index (χ1) is 7.79. The van der Waals surface area contributed by atoms with Crippen LogP contribution in [0.15, 0.2) is 6.07 Å². The topological polar surface area (TPSA) is 70.3 Å². The van der Waals surface area contributed by atoms with Gasteiger partial charge in [-0.1, -0.05) is 13.3 Å². The van der Waals surface area contributed by atoms with E-state index >= 15 is 0 Å². The molecule has 0 bridgehead atoms. The Morgan fingerprint density at radius 3 is 3.00 bits per heavy atom. The van der Waals surface area contributed by atoms with E-state index in [-0.39, 0.29) is 6.10 Å². The number of nitrogens with two attached hydrogens (primary N) is 1. The first-order valence-corrected chi connectivity index (χ1v) is 5.62. The van der Waals surface area contributed by atoms with Crippen LogP contribution in [0, 0.1) is 0 Å². The highest BCUT2D eigenvalue weighted by molar-refractivity contribution is 5.30. The second-order valence-electron chi connectivity index (χ2n) is 3.83. The Labute approximate surface area is 95.0 Å². The fourth-order valence-electron chi connectivity index (χ4n) is 1.70. The third-order valence-electron chi connectivity index (χ3n) is 2.43. The number of hydrogen-bond donors (Lipinski definition) is 1. The maximum Gasteiger partial charge on any atom is 0.162 e. The molecule has 88 valence electrons. The Morgan fingerprint density at radius 1 is 1.44 bits per heavy atom. The van der Waals surface area contributed by atoms with E-state index in [4.69, 9.17) is 15.2 Å². The van der Waals surface area contributed by atoms with Gasteiger partial charge >= 0.3 is 0 Å². The van der Waals surface area contributed by atoms with Crippen LogP contribution in [0.4, 0.5) is 5.82 Å². The lowest BCUT2D eigenvalue weighted by Crippen LogP contribution is -2.24. The highest BCUT2D eigenvalue weighted by atomic mass is 16.6. The number of ether oxygens (including phenoxy) is 2. The van der Waals surface area contributed by atoms with Crippen molar-refractivity contribution < 1.29 is 9.47 Å². The van der Waals surface area contributed by atoms with Crippen LogP contribution in [-0.4, -0.2) is 29.8 Å². The second kappa shape index (κ2) is 5.23. The van der Waals surface area contributed by atoms with Crippen molar-refractivity contribution in [1.82, 2.24) is 9.97 Å². The molecular formula is C11H17N3O2. The molecule has 1 atom stereocenters. The molecule has 1 aromatic heterocycles. The van der Waals surface area contributed by atoms with Gasteiger partial charge in [0.1, 0.15) is 11.9 Å². The van der Waals surface area contributed by atoms with Gasteiger partial charge in [-0.25, -0.2) is 9.97 Å². The molecule has 5 heteroatoms. The Balaban J connectivity index is 2.18. The highest BCUT2D eigenvalue weighted by Gasteiger charge is 2.20. The lowest BCUT2D eigenvalue weighted by Gasteiger charge is -2.22. The molecule has 1 fully saturated rings. The molecule has 0 aromatic carbocycles. The number of rotatable bonds is 3. The molecule has 1 aliphatic rings. The van der Waals surface area contributed by atoms with Crippen LogP contribution in [0.25, 0.3) is 0 Å². The smallest absolute Gasteiger partial charge is 0.162 e. The van der Waals surface area contributed by atoms with Crippen molar-refractivity contribution >= 4 is 5.82 Å². The molecule has 0 saturated carbocycles. The predicted octanol–water partition coefficient (Wildman–Crippen LogP) is 1.10. The first kappa shape index (κ1) is 11.3. The summed E-state index contributed by atoms with van der Waals surface area (Å²) < 4.78 is 10.9. The highest BCUT2D eigenvalue weighted by Crippen LogP contribution is 2.18. The van der Waals surface area contributed by atoms with Gasteiger partial charge in [-0.15, -0.1) is 0 Å². The van der Waals surface area contributed by atoms with Crippen molar-refractivity contribution in [3.05, 3.63) is 17.6 Å². The summed E-state index contributed by atoms with van der Waals surface area (Å²) in [6.07, 6.45) is 1.78. The van der Waals surface area contributed by atoms with Crippen molar-refractivity contribution in [1.29, 1.82) is 0 Å². The normalized spacial score (nSPS) is 20.9. The molecule has 2 heterocycles. The second-order valence-corrected chi connectivity index (χ2v) is 3.83. The summed E-state index contributed by atoms with van der Waals surface area (Å²) in [5.74, 6) is 1.14. The average molecular weight is 223 g/mol. The number of aryl methyl sites for hydroxylation is 1. The van der Waals surface area contributed by atoms with Gasteiger partial charge in [-0.2, -0.15) is 0 Å². The standard InChI is InChI=1S/C11H17N3O2/c1-2-3-8-6-10(12)14-11(13-8)9-7-15-4-5-16-9/h6,9H,2-5,7H2,1H3,(H2,12,13,14). The minimum atomic E-state index is -0.173. The van der Waals surface area contributed by atoms with E-state index in [1.165, 1.54) is 0 Å². The number of nitrogens with zero attached hydrogens (tertiary/aromatic N) is 2. The maximum atomic E-state index is 5.75. The molecule has 2 rings (SSSR count). The molecule has 2 N–H and O–H groups in total. The molecule has 0 spiro atoms. The zero-order chi connectivity index (χ0) is 11.4. The first-order valence-electron chi connectivity index (χ1n) is 5.62. The van der Waals surface area contributed by atoms with E-state index in [0.717, 1.165) is 18.5 Å². The van der Waals surface area contributed by atoms with Gasteiger partial charge in [-0.05, 0) is 6.42 Å². The van der Waals surface area contributed by atoms with Crippen molar-refractivity contribution in [3.63, 3.8) is 0 Å². The van der Waals surface area contributed by atoms with Gasteiger partial charge in [0.05, 0.1) is 19.8 Å². The average Bonchev–Trinajstić information content (AvgIpc) is 2.30. The van der Waals surface area contributed by atoms with E-state index < -0.39 is 0 Å². The molecule has 16 heavy (non-hydrogen) atoms. The van der Waals surface area contributed by atoms with Crippen LogP contribution in [0.5, 0.6) is 0 Å². The van der Waals surface area contributed by atoms with Gasteiger partial charge in [-0.3, -0.25) is 0 Å². The monoisotopic (exact) mass is 223 g/mol. The van der Waals surface area contributed by atoms with Crippen LogP contribution in [-0.2, 0) is 15.9 Å². The number of anilines is 1. The van der Waals surface area contributed by atoms with E-state index in [9.17, 15) is 0 Å². The van der Waals surface area contributed by atoms with Crippen LogP contribution in [0.3, 0.4) is 0 Å². The third-order valence-corrected chi connectivity index (χ3v) is 2.43. The molecular weight excluding hydrogens is 206 g/mol. The number of nitrogen functional groups attached to an aromatic ring is 1. The van der Waals surface area contributed by atoms with Crippen LogP contribution in [0.1, 0.15) is 31.0 Å². The van der Waals surface area contributed by atoms with Crippen LogP contribution >= 0.6 is 0 Å². The third kappa shape index (κ3) is 2.68. The quantitative estimate of drug-likeness (QED) is 0.830. The lowest BCUT2D eigenvalue weighted by molar-refractivity contribution is -0.0935. The van der Waals surface area contributed by atoms with Gasteiger partial charge in [0.2, 0.25) is 0 Å². The summed E-state index contributed by atoms with van der Waals surface area (Å²) in [5.41, 5.74) is 6.72. The number of hydrogen-bond acceptors (Lipinski definition) is 5. The lowest BCUT2D eigenvalue weighted by atomic mass is 10.2. The van der Waals surface area contributed by atoms with Crippen LogP contribution in [0.2, 0.25) is 0 Å². The molecule has 5 nitrogen and oxygen atoms in total. The predicted molar refractivity (Wildman–Crippen MR) is 60.0 cm³/mol. The largest absolute Gasteiger partial charge is 0.384 e. The Hall–Kier alpha value is -1.20. The van der Waals surface area contributed by atoms with Crippen molar-refractivity contribution in [3.8, 4) is 0 Å². The fourth-order valence-corrected chi connectivity index (χ4v) is 1.70.